The molecule has 4 heterocycles. The number of ketones is 1. The molecule has 1 N–H and O–H groups in total. The van der Waals surface area contributed by atoms with Crippen LogP contribution in [0.5, 0.6) is 11.5 Å². The van der Waals surface area contributed by atoms with E-state index in [9.17, 15) is 14.3 Å². The third kappa shape index (κ3) is 4.57. The van der Waals surface area contributed by atoms with Crippen LogP contribution in [0.4, 0.5) is 4.39 Å². The predicted molar refractivity (Wildman–Crippen MR) is 158 cm³/mol. The molecule has 2 aromatic carbocycles. The van der Waals surface area contributed by atoms with Gasteiger partial charge in [-0.15, -0.1) is 0 Å². The lowest BCUT2D eigenvalue weighted by Gasteiger charge is -2.30. The Morgan fingerprint density at radius 3 is 2.72 bits per heavy atom. The van der Waals surface area contributed by atoms with Crippen LogP contribution in [0, 0.1) is 11.7 Å². The molecule has 3 aromatic heterocycles. The first kappa shape index (κ1) is 27.3. The molecule has 2 atom stereocenters. The van der Waals surface area contributed by atoms with E-state index in [1.54, 1.807) is 42.5 Å². The van der Waals surface area contributed by atoms with Crippen molar-refractivity contribution in [1.82, 2.24) is 24.3 Å². The van der Waals surface area contributed by atoms with Crippen molar-refractivity contribution in [1.29, 1.82) is 0 Å². The first-order valence-corrected chi connectivity index (χ1v) is 14.4. The summed E-state index contributed by atoms with van der Waals surface area (Å²) in [5.41, 5.74) is 1.80. The van der Waals surface area contributed by atoms with Gasteiger partial charge in [0.15, 0.2) is 11.5 Å². The molecule has 7 rings (SSSR count). The zero-order valence-corrected chi connectivity index (χ0v) is 24.2. The summed E-state index contributed by atoms with van der Waals surface area (Å²) in [4.78, 5) is 22.8. The standard InChI is InChI=1S/C33H32FN5O4/c1-32(39-13-12-35-19-39)18-43-31-25(32)16-28(36-30(31)20-4-8-24(34)9-5-20)33(41,23-6-7-23)11-10-26(40)21-14-22-17-38(2)37-29(22)27(15-21)42-3/h4-5,8-9,12-17,19,23,41H,6-7,10-11,18H2,1-3H3/t32-,33+/m0/s1. The number of imidazole rings is 1. The summed E-state index contributed by atoms with van der Waals surface area (Å²) in [6, 6.07) is 11.6. The molecule has 1 fully saturated rings. The number of carbonyl (C=O) groups excluding carboxylic acids is 1. The van der Waals surface area contributed by atoms with Gasteiger partial charge in [-0.3, -0.25) is 9.48 Å². The number of fused-ring (bicyclic) bond motifs is 2. The Hall–Kier alpha value is -4.57. The third-order valence-electron chi connectivity index (χ3n) is 8.90. The first-order valence-electron chi connectivity index (χ1n) is 14.4. The van der Waals surface area contributed by atoms with Crippen molar-refractivity contribution < 1.29 is 23.8 Å². The van der Waals surface area contributed by atoms with E-state index in [2.05, 4.69) is 17.0 Å². The summed E-state index contributed by atoms with van der Waals surface area (Å²) < 4.78 is 29.3. The molecule has 0 unspecified atom stereocenters. The number of Topliss-reactive ketones (excluding diaryl/α,β-unsaturated/α-hetero) is 1. The monoisotopic (exact) mass is 581 g/mol. The number of methoxy groups -OCH3 is 1. The van der Waals surface area contributed by atoms with Crippen molar-refractivity contribution in [3.63, 3.8) is 0 Å². The van der Waals surface area contributed by atoms with E-state index in [-0.39, 0.29) is 30.4 Å². The second-order valence-electron chi connectivity index (χ2n) is 11.8. The van der Waals surface area contributed by atoms with E-state index in [0.29, 0.717) is 46.1 Å². The Labute approximate surface area is 247 Å². The summed E-state index contributed by atoms with van der Waals surface area (Å²) in [6.45, 7) is 2.40. The van der Waals surface area contributed by atoms with Crippen LogP contribution in [-0.2, 0) is 18.2 Å². The van der Waals surface area contributed by atoms with Gasteiger partial charge in [0.25, 0.3) is 0 Å². The predicted octanol–water partition coefficient (Wildman–Crippen LogP) is 5.40. The average Bonchev–Trinajstić information content (AvgIpc) is 3.41. The molecule has 2 aliphatic rings. The molecule has 1 saturated carbocycles. The largest absolute Gasteiger partial charge is 0.494 e. The fourth-order valence-corrected chi connectivity index (χ4v) is 6.25. The lowest BCUT2D eigenvalue weighted by atomic mass is 9.83. The molecule has 9 nitrogen and oxygen atoms in total. The number of benzene rings is 2. The van der Waals surface area contributed by atoms with Crippen molar-refractivity contribution in [3.8, 4) is 22.8 Å². The number of carbonyl (C=O) groups is 1. The highest BCUT2D eigenvalue weighted by Gasteiger charge is 2.49. The number of hydrogen-bond acceptors (Lipinski definition) is 7. The Balaban J connectivity index is 1.29. The zero-order valence-electron chi connectivity index (χ0n) is 24.2. The van der Waals surface area contributed by atoms with E-state index >= 15 is 0 Å². The molecule has 0 saturated heterocycles. The van der Waals surface area contributed by atoms with Gasteiger partial charge in [0.1, 0.15) is 40.5 Å². The molecule has 0 amide bonds. The minimum Gasteiger partial charge on any atom is -0.494 e. The lowest BCUT2D eigenvalue weighted by molar-refractivity contribution is -0.00117. The topological polar surface area (TPSA) is 104 Å². The van der Waals surface area contributed by atoms with E-state index < -0.39 is 11.1 Å². The van der Waals surface area contributed by atoms with Crippen molar-refractivity contribution in [2.45, 2.75) is 43.7 Å². The molecule has 43 heavy (non-hydrogen) atoms. The molecule has 10 heteroatoms. The number of rotatable bonds is 9. The molecule has 1 aliphatic carbocycles. The van der Waals surface area contributed by atoms with Crippen LogP contribution < -0.4 is 9.47 Å². The Kier molecular flexibility index (Phi) is 6.35. The first-order chi connectivity index (χ1) is 20.7. The number of aromatic nitrogens is 5. The molecular formula is C33H32FN5O4. The van der Waals surface area contributed by atoms with Gasteiger partial charge < -0.3 is 19.1 Å². The van der Waals surface area contributed by atoms with Crippen LogP contribution in [-0.4, -0.2) is 48.9 Å². The van der Waals surface area contributed by atoms with E-state index in [0.717, 1.165) is 23.8 Å². The Morgan fingerprint density at radius 2 is 2.02 bits per heavy atom. The van der Waals surface area contributed by atoms with Crippen LogP contribution in [0.25, 0.3) is 22.2 Å². The van der Waals surface area contributed by atoms with Crippen molar-refractivity contribution >= 4 is 16.7 Å². The van der Waals surface area contributed by atoms with E-state index in [1.165, 1.54) is 12.1 Å². The summed E-state index contributed by atoms with van der Waals surface area (Å²) in [7, 11) is 3.38. The zero-order chi connectivity index (χ0) is 29.9. The number of hydrogen-bond donors (Lipinski definition) is 1. The SMILES string of the molecule is COc1cc(C(=O)CC[C@](O)(c2cc3c(c(-c4ccc(F)cc4)n2)OC[C@]3(C)n2ccnc2)C2CC2)cc2cn(C)nc12. The lowest BCUT2D eigenvalue weighted by Crippen LogP contribution is -2.34. The van der Waals surface area contributed by atoms with E-state index in [4.69, 9.17) is 14.5 Å². The molecule has 1 aliphatic heterocycles. The van der Waals surface area contributed by atoms with Gasteiger partial charge in [-0.25, -0.2) is 14.4 Å². The summed E-state index contributed by atoms with van der Waals surface area (Å²) in [5, 5.41) is 17.6. The maximum absolute atomic E-state index is 13.9. The average molecular weight is 582 g/mol. The molecule has 220 valence electrons. The second kappa shape index (κ2) is 10.0. The van der Waals surface area contributed by atoms with Gasteiger partial charge >= 0.3 is 0 Å². The molecule has 0 spiro atoms. The van der Waals surface area contributed by atoms with Gasteiger partial charge in [-0.2, -0.15) is 5.10 Å². The number of aryl methyl sites for hydroxylation is 1. The highest BCUT2D eigenvalue weighted by molar-refractivity contribution is 6.01. The second-order valence-corrected chi connectivity index (χ2v) is 11.8. The van der Waals surface area contributed by atoms with Gasteiger partial charge in [-0.05, 0) is 74.6 Å². The minimum atomic E-state index is -1.35. The van der Waals surface area contributed by atoms with Crippen LogP contribution >= 0.6 is 0 Å². The van der Waals surface area contributed by atoms with Crippen LogP contribution in [0.15, 0.2) is 67.4 Å². The van der Waals surface area contributed by atoms with Crippen LogP contribution in [0.2, 0.25) is 0 Å². The van der Waals surface area contributed by atoms with E-state index in [1.807, 2.05) is 36.1 Å². The number of aliphatic hydroxyl groups is 1. The molecule has 0 bridgehead atoms. The normalized spacial score (nSPS) is 19.2. The Morgan fingerprint density at radius 1 is 1.23 bits per heavy atom. The molecule has 0 radical (unpaired) electrons. The fraction of sp³-hybridized carbons (Fsp3) is 0.333. The molecule has 5 aromatic rings. The van der Waals surface area contributed by atoms with Gasteiger partial charge in [0.2, 0.25) is 0 Å². The number of nitrogens with zero attached hydrogens (tertiary/aromatic N) is 5. The van der Waals surface area contributed by atoms with Crippen molar-refractivity contribution in [2.75, 3.05) is 13.7 Å². The summed E-state index contributed by atoms with van der Waals surface area (Å²) >= 11 is 0. The fourth-order valence-electron chi connectivity index (χ4n) is 6.25. The van der Waals surface area contributed by atoms with Crippen LogP contribution in [0.3, 0.4) is 0 Å². The summed E-state index contributed by atoms with van der Waals surface area (Å²) in [6.07, 6.45) is 9.17. The molecular weight excluding hydrogens is 549 g/mol. The highest BCUT2D eigenvalue weighted by atomic mass is 19.1. The number of ether oxygens (including phenoxy) is 2. The van der Waals surface area contributed by atoms with Crippen molar-refractivity contribution in [3.05, 3.63) is 90.0 Å². The smallest absolute Gasteiger partial charge is 0.163 e. The number of pyridine rings is 1. The number of halogens is 1. The Bertz CT molecular complexity index is 1850. The van der Waals surface area contributed by atoms with Crippen LogP contribution in [0.1, 0.15) is 54.2 Å². The van der Waals surface area contributed by atoms with Gasteiger partial charge in [-0.1, -0.05) is 0 Å². The maximum atomic E-state index is 13.9. The van der Waals surface area contributed by atoms with Gasteiger partial charge in [0.05, 0.1) is 19.1 Å². The maximum Gasteiger partial charge on any atom is 0.163 e. The van der Waals surface area contributed by atoms with Crippen molar-refractivity contribution in [2.24, 2.45) is 13.0 Å². The summed E-state index contributed by atoms with van der Waals surface area (Å²) in [5.74, 6) is 0.633. The minimum absolute atomic E-state index is 0.0379. The highest BCUT2D eigenvalue weighted by Crippen LogP contribution is 2.52. The third-order valence-corrected chi connectivity index (χ3v) is 8.90. The quantitative estimate of drug-likeness (QED) is 0.233. The van der Waals surface area contributed by atoms with Gasteiger partial charge in [0, 0.05) is 54.1 Å².